The van der Waals surface area contributed by atoms with Crippen LogP contribution in [0, 0.1) is 13.8 Å². The van der Waals surface area contributed by atoms with E-state index in [1.54, 1.807) is 11.3 Å². The van der Waals surface area contributed by atoms with E-state index in [0.29, 0.717) is 12.2 Å². The van der Waals surface area contributed by atoms with Gasteiger partial charge >= 0.3 is 0 Å². The summed E-state index contributed by atoms with van der Waals surface area (Å²) in [4.78, 5) is 20.9. The summed E-state index contributed by atoms with van der Waals surface area (Å²) in [7, 11) is 4.11. The second kappa shape index (κ2) is 6.35. The molecule has 1 aromatic rings. The van der Waals surface area contributed by atoms with Gasteiger partial charge in [-0.2, -0.15) is 0 Å². The molecule has 1 aliphatic rings. The number of aryl methyl sites for hydroxylation is 2. The van der Waals surface area contributed by atoms with Crippen LogP contribution < -0.4 is 0 Å². The molecule has 2 rings (SSSR count). The van der Waals surface area contributed by atoms with Crippen molar-refractivity contribution in [1.82, 2.24) is 9.88 Å². The fourth-order valence-electron chi connectivity index (χ4n) is 3.21. The van der Waals surface area contributed by atoms with Crippen LogP contribution >= 0.6 is 11.3 Å². The molecular weight excluding hydrogens is 268 g/mol. The van der Waals surface area contributed by atoms with Crippen LogP contribution in [0.3, 0.4) is 0 Å². The zero-order valence-corrected chi connectivity index (χ0v) is 14.0. The standard InChI is InChI=1S/C16H26N2OS/c1-12-13(2)20-15(17-12)11-14(19)16(18(3)4)9-7-5-6-8-10-16/h5-11H2,1-4H3. The molecule has 112 valence electrons. The van der Waals surface area contributed by atoms with Gasteiger partial charge in [0.15, 0.2) is 5.78 Å². The van der Waals surface area contributed by atoms with Gasteiger partial charge in [0, 0.05) is 4.88 Å². The third-order valence-electron chi connectivity index (χ3n) is 4.69. The van der Waals surface area contributed by atoms with Crippen LogP contribution in [0.5, 0.6) is 0 Å². The normalized spacial score (nSPS) is 19.1. The van der Waals surface area contributed by atoms with Crippen LogP contribution in [-0.2, 0) is 11.2 Å². The number of carbonyl (C=O) groups excluding carboxylic acids is 1. The van der Waals surface area contributed by atoms with Crippen molar-refractivity contribution < 1.29 is 4.79 Å². The summed E-state index contributed by atoms with van der Waals surface area (Å²) in [5.41, 5.74) is 0.807. The molecule has 0 N–H and O–H groups in total. The van der Waals surface area contributed by atoms with Gasteiger partial charge < -0.3 is 0 Å². The van der Waals surface area contributed by atoms with Crippen molar-refractivity contribution in [2.75, 3.05) is 14.1 Å². The summed E-state index contributed by atoms with van der Waals surface area (Å²) < 4.78 is 0. The number of hydrogen-bond donors (Lipinski definition) is 0. The van der Waals surface area contributed by atoms with E-state index in [0.717, 1.165) is 23.5 Å². The predicted octanol–water partition coefficient (Wildman–Crippen LogP) is 3.53. The van der Waals surface area contributed by atoms with Crippen LogP contribution in [0.25, 0.3) is 0 Å². The third-order valence-corrected chi connectivity index (χ3v) is 5.76. The molecule has 1 aliphatic carbocycles. The molecule has 3 nitrogen and oxygen atoms in total. The highest BCUT2D eigenvalue weighted by molar-refractivity contribution is 7.11. The number of nitrogens with zero attached hydrogens (tertiary/aromatic N) is 2. The largest absolute Gasteiger partial charge is 0.297 e. The van der Waals surface area contributed by atoms with Gasteiger partial charge in [0.25, 0.3) is 0 Å². The topological polar surface area (TPSA) is 33.2 Å². The van der Waals surface area contributed by atoms with Gasteiger partial charge in [0.05, 0.1) is 17.7 Å². The Balaban J connectivity index is 2.18. The zero-order valence-electron chi connectivity index (χ0n) is 13.2. The highest BCUT2D eigenvalue weighted by Gasteiger charge is 2.40. The summed E-state index contributed by atoms with van der Waals surface area (Å²) in [6.07, 6.45) is 7.36. The van der Waals surface area contributed by atoms with Crippen molar-refractivity contribution in [1.29, 1.82) is 0 Å². The summed E-state index contributed by atoms with van der Waals surface area (Å²) >= 11 is 1.67. The van der Waals surface area contributed by atoms with E-state index in [1.165, 1.54) is 30.6 Å². The van der Waals surface area contributed by atoms with Gasteiger partial charge in [-0.25, -0.2) is 4.98 Å². The van der Waals surface area contributed by atoms with Crippen LogP contribution in [0.1, 0.15) is 54.1 Å². The van der Waals surface area contributed by atoms with E-state index in [9.17, 15) is 4.79 Å². The third kappa shape index (κ3) is 3.12. The number of rotatable bonds is 4. The van der Waals surface area contributed by atoms with E-state index >= 15 is 0 Å². The Morgan fingerprint density at radius 3 is 2.25 bits per heavy atom. The maximum absolute atomic E-state index is 12.9. The molecule has 0 saturated heterocycles. The van der Waals surface area contributed by atoms with Gasteiger partial charge in [-0.15, -0.1) is 11.3 Å². The smallest absolute Gasteiger partial charge is 0.159 e. The first-order valence-corrected chi connectivity index (χ1v) is 8.41. The van der Waals surface area contributed by atoms with Gasteiger partial charge in [0.1, 0.15) is 5.01 Å². The number of carbonyl (C=O) groups is 1. The quantitative estimate of drug-likeness (QED) is 0.797. The van der Waals surface area contributed by atoms with E-state index in [2.05, 4.69) is 30.9 Å². The van der Waals surface area contributed by atoms with Crippen LogP contribution in [0.2, 0.25) is 0 Å². The Hall–Kier alpha value is -0.740. The van der Waals surface area contributed by atoms with Gasteiger partial charge in [-0.1, -0.05) is 25.7 Å². The number of hydrogen-bond acceptors (Lipinski definition) is 4. The highest BCUT2D eigenvalue weighted by atomic mass is 32.1. The molecule has 0 unspecified atom stereocenters. The molecule has 1 saturated carbocycles. The SMILES string of the molecule is Cc1nc(CC(=O)C2(N(C)C)CCCCCC2)sc1C. The lowest BCUT2D eigenvalue weighted by Gasteiger charge is -2.38. The molecule has 0 aliphatic heterocycles. The first kappa shape index (κ1) is 15.6. The molecule has 0 amide bonds. The van der Waals surface area contributed by atoms with Crippen molar-refractivity contribution in [2.24, 2.45) is 0 Å². The van der Waals surface area contributed by atoms with Crippen molar-refractivity contribution in [3.05, 3.63) is 15.6 Å². The van der Waals surface area contributed by atoms with Crippen LogP contribution in [-0.4, -0.2) is 35.3 Å². The van der Waals surface area contributed by atoms with Gasteiger partial charge in [0.2, 0.25) is 0 Å². The molecule has 20 heavy (non-hydrogen) atoms. The Labute approximate surface area is 126 Å². The molecular formula is C16H26N2OS. The average molecular weight is 294 g/mol. The van der Waals surface area contributed by atoms with Crippen molar-refractivity contribution in [3.63, 3.8) is 0 Å². The second-order valence-electron chi connectivity index (χ2n) is 6.19. The molecule has 0 radical (unpaired) electrons. The molecule has 1 heterocycles. The molecule has 0 atom stereocenters. The summed E-state index contributed by atoms with van der Waals surface area (Å²) in [6.45, 7) is 4.10. The maximum atomic E-state index is 12.9. The van der Waals surface area contributed by atoms with E-state index < -0.39 is 0 Å². The number of Topliss-reactive ketones (excluding diaryl/α,β-unsaturated/α-hetero) is 1. The van der Waals surface area contributed by atoms with Gasteiger partial charge in [-0.3, -0.25) is 9.69 Å². The lowest BCUT2D eigenvalue weighted by molar-refractivity contribution is -0.130. The second-order valence-corrected chi connectivity index (χ2v) is 7.48. The lowest BCUT2D eigenvalue weighted by Crippen LogP contribution is -2.51. The Kier molecular flexibility index (Phi) is 4.97. The first-order valence-electron chi connectivity index (χ1n) is 7.59. The molecule has 0 spiro atoms. The van der Waals surface area contributed by atoms with Crippen molar-refractivity contribution in [3.8, 4) is 0 Å². The molecule has 4 heteroatoms. The molecule has 0 bridgehead atoms. The zero-order chi connectivity index (χ0) is 14.8. The molecule has 0 aromatic carbocycles. The van der Waals surface area contributed by atoms with E-state index in [4.69, 9.17) is 0 Å². The monoisotopic (exact) mass is 294 g/mol. The first-order chi connectivity index (χ1) is 9.45. The summed E-state index contributed by atoms with van der Waals surface area (Å²) in [5, 5.41) is 0.982. The number of thiazole rings is 1. The maximum Gasteiger partial charge on any atom is 0.159 e. The van der Waals surface area contributed by atoms with Crippen molar-refractivity contribution in [2.45, 2.75) is 64.3 Å². The number of likely N-dealkylation sites (N-methyl/N-ethyl adjacent to an activating group) is 1. The fraction of sp³-hybridized carbons (Fsp3) is 0.750. The Morgan fingerprint density at radius 1 is 1.20 bits per heavy atom. The fourth-order valence-corrected chi connectivity index (χ4v) is 4.14. The average Bonchev–Trinajstić information content (AvgIpc) is 2.61. The number of aromatic nitrogens is 1. The summed E-state index contributed by atoms with van der Waals surface area (Å²) in [6, 6.07) is 0. The summed E-state index contributed by atoms with van der Waals surface area (Å²) in [5.74, 6) is 0.359. The van der Waals surface area contributed by atoms with Crippen molar-refractivity contribution >= 4 is 17.1 Å². The van der Waals surface area contributed by atoms with Gasteiger partial charge in [-0.05, 0) is 40.8 Å². The highest BCUT2D eigenvalue weighted by Crippen LogP contribution is 2.33. The lowest BCUT2D eigenvalue weighted by atomic mass is 9.83. The molecule has 1 fully saturated rings. The molecule has 1 aromatic heterocycles. The Bertz CT molecular complexity index is 451. The van der Waals surface area contributed by atoms with E-state index in [-0.39, 0.29) is 5.54 Å². The predicted molar refractivity (Wildman–Crippen MR) is 84.4 cm³/mol. The Morgan fingerprint density at radius 2 is 1.80 bits per heavy atom. The minimum absolute atomic E-state index is 0.260. The van der Waals surface area contributed by atoms with E-state index in [1.807, 2.05) is 6.92 Å². The minimum atomic E-state index is -0.260. The minimum Gasteiger partial charge on any atom is -0.297 e. The van der Waals surface area contributed by atoms with Crippen LogP contribution in [0.15, 0.2) is 0 Å². The number of ketones is 1. The van der Waals surface area contributed by atoms with Crippen LogP contribution in [0.4, 0.5) is 0 Å².